The van der Waals surface area contributed by atoms with Crippen LogP contribution in [0.15, 0.2) is 42.6 Å². The maximum Gasteiger partial charge on any atom is 0.230 e. The molecule has 0 aliphatic heterocycles. The molecule has 1 aliphatic rings. The van der Waals surface area contributed by atoms with Crippen molar-refractivity contribution >= 4 is 5.91 Å². The summed E-state index contributed by atoms with van der Waals surface area (Å²) in [5.41, 5.74) is 1.58. The molecule has 0 spiro atoms. The number of rotatable bonds is 6. The van der Waals surface area contributed by atoms with Gasteiger partial charge in [-0.2, -0.15) is 0 Å². The van der Waals surface area contributed by atoms with Crippen molar-refractivity contribution in [2.75, 3.05) is 14.2 Å². The van der Waals surface area contributed by atoms with E-state index in [4.69, 9.17) is 9.47 Å². The van der Waals surface area contributed by atoms with Crippen molar-refractivity contribution in [2.24, 2.45) is 0 Å². The van der Waals surface area contributed by atoms with Gasteiger partial charge in [0.05, 0.1) is 19.6 Å². The lowest BCUT2D eigenvalue weighted by molar-refractivity contribution is -0.126. The molecule has 1 N–H and O–H groups in total. The zero-order chi connectivity index (χ0) is 17.7. The van der Waals surface area contributed by atoms with Crippen molar-refractivity contribution in [1.29, 1.82) is 0 Å². The summed E-state index contributed by atoms with van der Waals surface area (Å²) >= 11 is 0. The van der Waals surface area contributed by atoms with Gasteiger partial charge in [-0.25, -0.2) is 4.98 Å². The Kier molecular flexibility index (Phi) is 5.22. The number of carbonyl (C=O) groups excluding carboxylic acids is 1. The molecule has 0 atom stereocenters. The summed E-state index contributed by atoms with van der Waals surface area (Å²) in [6.07, 6.45) is 5.64. The van der Waals surface area contributed by atoms with E-state index in [1.165, 1.54) is 0 Å². The van der Waals surface area contributed by atoms with Crippen molar-refractivity contribution in [1.82, 2.24) is 10.3 Å². The molecule has 25 heavy (non-hydrogen) atoms. The molecule has 5 nitrogen and oxygen atoms in total. The maximum absolute atomic E-state index is 13.0. The third-order valence-electron chi connectivity index (χ3n) is 4.99. The first-order valence-electron chi connectivity index (χ1n) is 8.60. The minimum Gasteiger partial charge on any atom is -0.497 e. The largest absolute Gasteiger partial charge is 0.497 e. The highest BCUT2D eigenvalue weighted by Crippen LogP contribution is 2.41. The van der Waals surface area contributed by atoms with Gasteiger partial charge in [-0.15, -0.1) is 0 Å². The number of amides is 1. The zero-order valence-electron chi connectivity index (χ0n) is 14.7. The number of hydrogen-bond acceptors (Lipinski definition) is 4. The van der Waals surface area contributed by atoms with Crippen LogP contribution in [0.1, 0.15) is 36.8 Å². The lowest BCUT2D eigenvalue weighted by Gasteiger charge is -2.28. The van der Waals surface area contributed by atoms with Gasteiger partial charge in [-0.1, -0.05) is 31.0 Å². The fourth-order valence-corrected chi connectivity index (χ4v) is 3.52. The SMILES string of the molecule is COc1ccc(C2(C(=O)NCc3ccc(OC)nc3)CCCC2)cc1. The average molecular weight is 340 g/mol. The van der Waals surface area contributed by atoms with Crippen LogP contribution in [0.25, 0.3) is 0 Å². The summed E-state index contributed by atoms with van der Waals surface area (Å²) in [6.45, 7) is 0.466. The van der Waals surface area contributed by atoms with Gasteiger partial charge in [0.25, 0.3) is 0 Å². The quantitative estimate of drug-likeness (QED) is 0.877. The standard InChI is InChI=1S/C20H24N2O3/c1-24-17-8-6-16(7-9-17)20(11-3-4-12-20)19(23)22-14-15-5-10-18(25-2)21-13-15/h5-10,13H,3-4,11-12,14H2,1-2H3,(H,22,23). The third-order valence-corrected chi connectivity index (χ3v) is 4.99. The fraction of sp³-hybridized carbons (Fsp3) is 0.400. The molecule has 0 bridgehead atoms. The highest BCUT2D eigenvalue weighted by molar-refractivity contribution is 5.88. The summed E-state index contributed by atoms with van der Waals surface area (Å²) in [7, 11) is 3.23. The molecule has 1 fully saturated rings. The predicted octanol–water partition coefficient (Wildman–Crippen LogP) is 3.23. The van der Waals surface area contributed by atoms with Crippen LogP contribution in [0.3, 0.4) is 0 Å². The normalized spacial score (nSPS) is 15.6. The molecule has 0 unspecified atom stereocenters. The molecule has 1 amide bonds. The molecule has 1 saturated carbocycles. The van der Waals surface area contributed by atoms with Crippen molar-refractivity contribution in [3.63, 3.8) is 0 Å². The van der Waals surface area contributed by atoms with Crippen molar-refractivity contribution in [3.05, 3.63) is 53.7 Å². The van der Waals surface area contributed by atoms with Gasteiger partial charge in [-0.3, -0.25) is 4.79 Å². The van der Waals surface area contributed by atoms with E-state index in [0.717, 1.165) is 42.6 Å². The van der Waals surface area contributed by atoms with Crippen LogP contribution in [0.5, 0.6) is 11.6 Å². The molecule has 1 heterocycles. The Morgan fingerprint density at radius 3 is 2.36 bits per heavy atom. The molecule has 1 aliphatic carbocycles. The maximum atomic E-state index is 13.0. The van der Waals surface area contributed by atoms with E-state index < -0.39 is 5.41 Å². The highest BCUT2D eigenvalue weighted by Gasteiger charge is 2.42. The van der Waals surface area contributed by atoms with Gasteiger partial charge in [0, 0.05) is 18.8 Å². The average Bonchev–Trinajstić information content (AvgIpc) is 3.17. The third kappa shape index (κ3) is 3.60. The lowest BCUT2D eigenvalue weighted by atomic mass is 9.78. The second-order valence-corrected chi connectivity index (χ2v) is 6.41. The Morgan fingerprint density at radius 2 is 1.80 bits per heavy atom. The minimum atomic E-state index is -0.438. The van der Waals surface area contributed by atoms with Gasteiger partial charge >= 0.3 is 0 Å². The first kappa shape index (κ1) is 17.3. The number of methoxy groups -OCH3 is 2. The van der Waals surface area contributed by atoms with Crippen LogP contribution in [0, 0.1) is 0 Å². The van der Waals surface area contributed by atoms with Crippen molar-refractivity contribution < 1.29 is 14.3 Å². The molecular formula is C20H24N2O3. The van der Waals surface area contributed by atoms with Gasteiger partial charge in [0.1, 0.15) is 5.75 Å². The summed E-state index contributed by atoms with van der Waals surface area (Å²) < 4.78 is 10.3. The second kappa shape index (κ2) is 7.55. The Hall–Kier alpha value is -2.56. The van der Waals surface area contributed by atoms with Crippen LogP contribution in [-0.4, -0.2) is 25.1 Å². The number of carbonyl (C=O) groups is 1. The molecule has 3 rings (SSSR count). The zero-order valence-corrected chi connectivity index (χ0v) is 14.7. The monoisotopic (exact) mass is 340 g/mol. The van der Waals surface area contributed by atoms with Crippen LogP contribution in [0.2, 0.25) is 0 Å². The number of nitrogens with one attached hydrogen (secondary N) is 1. The summed E-state index contributed by atoms with van der Waals surface area (Å²) in [5.74, 6) is 1.47. The van der Waals surface area contributed by atoms with Crippen molar-refractivity contribution in [3.8, 4) is 11.6 Å². The molecule has 132 valence electrons. The first-order valence-corrected chi connectivity index (χ1v) is 8.60. The first-order chi connectivity index (χ1) is 12.2. The van der Waals surface area contributed by atoms with E-state index in [9.17, 15) is 4.79 Å². The van der Waals surface area contributed by atoms with E-state index in [1.54, 1.807) is 26.5 Å². The molecule has 0 saturated heterocycles. The number of nitrogens with zero attached hydrogens (tertiary/aromatic N) is 1. The van der Waals surface area contributed by atoms with Gasteiger partial charge in [0.2, 0.25) is 11.8 Å². The highest BCUT2D eigenvalue weighted by atomic mass is 16.5. The number of aromatic nitrogens is 1. The Labute approximate surface area is 148 Å². The van der Waals surface area contributed by atoms with Crippen LogP contribution in [-0.2, 0) is 16.8 Å². The van der Waals surface area contributed by atoms with Gasteiger partial charge < -0.3 is 14.8 Å². The van der Waals surface area contributed by atoms with Gasteiger partial charge in [0.15, 0.2) is 0 Å². The van der Waals surface area contributed by atoms with Crippen LogP contribution >= 0.6 is 0 Å². The molecule has 5 heteroatoms. The van der Waals surface area contributed by atoms with Crippen molar-refractivity contribution in [2.45, 2.75) is 37.6 Å². The van der Waals surface area contributed by atoms with E-state index in [1.807, 2.05) is 30.3 Å². The topological polar surface area (TPSA) is 60.5 Å². The molecule has 2 aromatic rings. The molecule has 1 aromatic heterocycles. The van der Waals surface area contributed by atoms with Crippen LogP contribution < -0.4 is 14.8 Å². The number of hydrogen-bond donors (Lipinski definition) is 1. The summed E-state index contributed by atoms with van der Waals surface area (Å²) in [5, 5.41) is 3.10. The summed E-state index contributed by atoms with van der Waals surface area (Å²) in [6, 6.07) is 11.6. The van der Waals surface area contributed by atoms with Gasteiger partial charge in [-0.05, 0) is 36.1 Å². The Morgan fingerprint density at radius 1 is 1.08 bits per heavy atom. The lowest BCUT2D eigenvalue weighted by Crippen LogP contribution is -2.42. The number of pyridine rings is 1. The van der Waals surface area contributed by atoms with Crippen LogP contribution in [0.4, 0.5) is 0 Å². The van der Waals surface area contributed by atoms with E-state index in [2.05, 4.69) is 10.3 Å². The summed E-state index contributed by atoms with van der Waals surface area (Å²) in [4.78, 5) is 17.2. The molecular weight excluding hydrogens is 316 g/mol. The molecule has 0 radical (unpaired) electrons. The molecule has 1 aromatic carbocycles. The van der Waals surface area contributed by atoms with E-state index >= 15 is 0 Å². The fourth-order valence-electron chi connectivity index (χ4n) is 3.52. The van der Waals surface area contributed by atoms with E-state index in [-0.39, 0.29) is 5.91 Å². The predicted molar refractivity (Wildman–Crippen MR) is 95.8 cm³/mol. The smallest absolute Gasteiger partial charge is 0.230 e. The van der Waals surface area contributed by atoms with E-state index in [0.29, 0.717) is 12.4 Å². The minimum absolute atomic E-state index is 0.0889. The Balaban J connectivity index is 1.73. The Bertz CT molecular complexity index is 705. The number of benzene rings is 1. The number of ether oxygens (including phenoxy) is 2. The second-order valence-electron chi connectivity index (χ2n) is 6.41.